The molecule has 0 spiro atoms. The molecule has 0 N–H and O–H groups in total. The van der Waals surface area contributed by atoms with Gasteiger partial charge >= 0.3 is 0 Å². The lowest BCUT2D eigenvalue weighted by Crippen LogP contribution is -2.29. The number of fused-ring (bicyclic) bond motifs is 1. The van der Waals surface area contributed by atoms with Gasteiger partial charge in [0.25, 0.3) is 5.91 Å². The second kappa shape index (κ2) is 8.73. The Morgan fingerprint density at radius 2 is 1.90 bits per heavy atom. The standard InChI is InChI=1S/C26H31N3O/c30-26(22-6-4-13-27-17-22)29-18-23-5-3-7-24(25(23)19-29)21-10-8-20(9-11-21)12-16-28-14-1-2-15-28/h4,6-11,13,17,23,25H,1-3,5,12,14-16,18-19H2. The minimum absolute atomic E-state index is 0.120. The van der Waals surface area contributed by atoms with Gasteiger partial charge in [0, 0.05) is 37.9 Å². The maximum atomic E-state index is 12.9. The molecular weight excluding hydrogens is 370 g/mol. The Balaban J connectivity index is 1.26. The topological polar surface area (TPSA) is 36.4 Å². The summed E-state index contributed by atoms with van der Waals surface area (Å²) in [7, 11) is 0. The molecule has 2 atom stereocenters. The van der Waals surface area contributed by atoms with Gasteiger partial charge in [-0.3, -0.25) is 9.78 Å². The predicted molar refractivity (Wildman–Crippen MR) is 120 cm³/mol. The summed E-state index contributed by atoms with van der Waals surface area (Å²) in [5.41, 5.74) is 4.91. The number of aromatic nitrogens is 1. The fourth-order valence-corrected chi connectivity index (χ4v) is 5.45. The molecule has 2 unspecified atom stereocenters. The summed E-state index contributed by atoms with van der Waals surface area (Å²) in [6.07, 6.45) is 12.0. The maximum Gasteiger partial charge on any atom is 0.255 e. The molecule has 2 saturated heterocycles. The van der Waals surface area contributed by atoms with Gasteiger partial charge in [-0.2, -0.15) is 0 Å². The molecule has 0 radical (unpaired) electrons. The van der Waals surface area contributed by atoms with Crippen molar-refractivity contribution in [3.05, 3.63) is 71.6 Å². The van der Waals surface area contributed by atoms with Crippen LogP contribution in [0.4, 0.5) is 0 Å². The molecule has 4 nitrogen and oxygen atoms in total. The maximum absolute atomic E-state index is 12.9. The van der Waals surface area contributed by atoms with Crippen LogP contribution in [0.15, 0.2) is 54.9 Å². The van der Waals surface area contributed by atoms with Crippen LogP contribution in [0.1, 0.15) is 47.2 Å². The summed E-state index contributed by atoms with van der Waals surface area (Å²) in [6, 6.07) is 12.9. The molecule has 30 heavy (non-hydrogen) atoms. The lowest BCUT2D eigenvalue weighted by Gasteiger charge is -2.26. The Labute approximate surface area is 179 Å². The third kappa shape index (κ3) is 4.06. The highest BCUT2D eigenvalue weighted by Gasteiger charge is 2.39. The molecular formula is C26H31N3O. The van der Waals surface area contributed by atoms with Crippen molar-refractivity contribution in [1.82, 2.24) is 14.8 Å². The van der Waals surface area contributed by atoms with E-state index in [0.29, 0.717) is 17.4 Å². The summed E-state index contributed by atoms with van der Waals surface area (Å²) in [5.74, 6) is 1.14. The third-order valence-corrected chi connectivity index (χ3v) is 7.14. The van der Waals surface area contributed by atoms with Gasteiger partial charge in [0.15, 0.2) is 0 Å². The van der Waals surface area contributed by atoms with E-state index in [1.54, 1.807) is 12.4 Å². The highest BCUT2D eigenvalue weighted by molar-refractivity contribution is 5.94. The van der Waals surface area contributed by atoms with Crippen LogP contribution in [0.5, 0.6) is 0 Å². The summed E-state index contributed by atoms with van der Waals surface area (Å²) in [5, 5.41) is 0. The summed E-state index contributed by atoms with van der Waals surface area (Å²) < 4.78 is 0. The van der Waals surface area contributed by atoms with Crippen LogP contribution >= 0.6 is 0 Å². The minimum atomic E-state index is 0.120. The average molecular weight is 402 g/mol. The zero-order chi connectivity index (χ0) is 20.3. The number of amides is 1. The number of likely N-dealkylation sites (tertiary alicyclic amines) is 2. The largest absolute Gasteiger partial charge is 0.338 e. The van der Waals surface area contributed by atoms with Crippen LogP contribution in [0.25, 0.3) is 5.57 Å². The fraction of sp³-hybridized carbons (Fsp3) is 0.462. The van der Waals surface area contributed by atoms with Crippen LogP contribution in [0.2, 0.25) is 0 Å². The zero-order valence-corrected chi connectivity index (χ0v) is 17.7. The predicted octanol–water partition coefficient (Wildman–Crippen LogP) is 4.29. The first-order valence-corrected chi connectivity index (χ1v) is 11.5. The lowest BCUT2D eigenvalue weighted by molar-refractivity contribution is 0.0785. The quantitative estimate of drug-likeness (QED) is 0.750. The molecule has 5 rings (SSSR count). The van der Waals surface area contributed by atoms with Gasteiger partial charge < -0.3 is 9.80 Å². The number of pyridine rings is 1. The normalized spacial score (nSPS) is 24.0. The molecule has 156 valence electrons. The van der Waals surface area contributed by atoms with Crippen molar-refractivity contribution in [2.75, 3.05) is 32.7 Å². The van der Waals surface area contributed by atoms with Crippen LogP contribution in [0.3, 0.4) is 0 Å². The molecule has 1 aromatic carbocycles. The first-order chi connectivity index (χ1) is 14.8. The van der Waals surface area contributed by atoms with Gasteiger partial charge in [-0.1, -0.05) is 30.3 Å². The smallest absolute Gasteiger partial charge is 0.255 e. The van der Waals surface area contributed by atoms with Crippen molar-refractivity contribution in [3.63, 3.8) is 0 Å². The van der Waals surface area contributed by atoms with Crippen molar-refractivity contribution in [2.45, 2.75) is 32.1 Å². The van der Waals surface area contributed by atoms with E-state index in [1.807, 2.05) is 17.0 Å². The van der Waals surface area contributed by atoms with Gasteiger partial charge in [-0.15, -0.1) is 0 Å². The van der Waals surface area contributed by atoms with Crippen LogP contribution in [0, 0.1) is 11.8 Å². The van der Waals surface area contributed by atoms with Crippen LogP contribution < -0.4 is 0 Å². The SMILES string of the molecule is O=C(c1cccnc1)N1CC2CCC=C(c3ccc(CCN4CCCC4)cc3)C2C1. The molecule has 1 amide bonds. The molecule has 0 saturated carbocycles. The third-order valence-electron chi connectivity index (χ3n) is 7.14. The van der Waals surface area contributed by atoms with Gasteiger partial charge in [0.2, 0.25) is 0 Å². The molecule has 2 aromatic rings. The van der Waals surface area contributed by atoms with Crippen LogP contribution in [-0.4, -0.2) is 53.4 Å². The number of hydrogen-bond acceptors (Lipinski definition) is 3. The lowest BCUT2D eigenvalue weighted by atomic mass is 9.78. The van der Waals surface area contributed by atoms with Crippen molar-refractivity contribution in [1.29, 1.82) is 0 Å². The molecule has 3 heterocycles. The van der Waals surface area contributed by atoms with E-state index in [1.165, 1.54) is 55.6 Å². The average Bonchev–Trinajstić information content (AvgIpc) is 3.48. The number of benzene rings is 1. The Morgan fingerprint density at radius 3 is 2.67 bits per heavy atom. The number of carbonyl (C=O) groups excluding carboxylic acids is 1. The van der Waals surface area contributed by atoms with E-state index in [-0.39, 0.29) is 5.91 Å². The van der Waals surface area contributed by atoms with E-state index in [0.717, 1.165) is 25.9 Å². The second-order valence-corrected chi connectivity index (χ2v) is 9.05. The van der Waals surface area contributed by atoms with Crippen molar-refractivity contribution in [3.8, 4) is 0 Å². The second-order valence-electron chi connectivity index (χ2n) is 9.05. The molecule has 0 bridgehead atoms. The summed E-state index contributed by atoms with van der Waals surface area (Å²) in [4.78, 5) is 21.7. The number of allylic oxidation sites excluding steroid dienone is 1. The Morgan fingerprint density at radius 1 is 1.07 bits per heavy atom. The first-order valence-electron chi connectivity index (χ1n) is 11.5. The van der Waals surface area contributed by atoms with Crippen molar-refractivity contribution >= 4 is 11.5 Å². The Bertz CT molecular complexity index is 900. The monoisotopic (exact) mass is 401 g/mol. The number of rotatable bonds is 5. The summed E-state index contributed by atoms with van der Waals surface area (Å²) >= 11 is 0. The highest BCUT2D eigenvalue weighted by atomic mass is 16.2. The van der Waals surface area contributed by atoms with Gasteiger partial charge in [-0.25, -0.2) is 0 Å². The number of carbonyl (C=O) groups is 1. The fourth-order valence-electron chi connectivity index (χ4n) is 5.45. The number of nitrogens with zero attached hydrogens (tertiary/aromatic N) is 3. The Hall–Kier alpha value is -2.46. The zero-order valence-electron chi connectivity index (χ0n) is 17.7. The minimum Gasteiger partial charge on any atom is -0.338 e. The van der Waals surface area contributed by atoms with E-state index in [4.69, 9.17) is 0 Å². The molecule has 3 aliphatic rings. The number of hydrogen-bond donors (Lipinski definition) is 0. The highest BCUT2D eigenvalue weighted by Crippen LogP contribution is 2.41. The molecule has 2 aliphatic heterocycles. The molecule has 1 aromatic heterocycles. The van der Waals surface area contributed by atoms with Crippen molar-refractivity contribution in [2.24, 2.45) is 11.8 Å². The van der Waals surface area contributed by atoms with Crippen LogP contribution in [-0.2, 0) is 6.42 Å². The first kappa shape index (κ1) is 19.5. The van der Waals surface area contributed by atoms with Gasteiger partial charge in [0.05, 0.1) is 5.56 Å². The van der Waals surface area contributed by atoms with E-state index in [2.05, 4.69) is 40.2 Å². The van der Waals surface area contributed by atoms with E-state index in [9.17, 15) is 4.79 Å². The van der Waals surface area contributed by atoms with E-state index >= 15 is 0 Å². The molecule has 4 heteroatoms. The van der Waals surface area contributed by atoms with E-state index < -0.39 is 0 Å². The van der Waals surface area contributed by atoms with Gasteiger partial charge in [0.1, 0.15) is 0 Å². The van der Waals surface area contributed by atoms with Gasteiger partial charge in [-0.05, 0) is 79.9 Å². The Kier molecular flexibility index (Phi) is 5.67. The molecule has 1 aliphatic carbocycles. The van der Waals surface area contributed by atoms with Crippen molar-refractivity contribution < 1.29 is 4.79 Å². The molecule has 2 fully saturated rings. The summed E-state index contributed by atoms with van der Waals surface area (Å²) in [6.45, 7) is 5.40.